The molecule has 0 aliphatic heterocycles. The highest BCUT2D eigenvalue weighted by molar-refractivity contribution is 7.92. The van der Waals surface area contributed by atoms with Crippen LogP contribution in [0.2, 0.25) is 0 Å². The number of carboxylic acid groups (broad SMARTS) is 1. The second kappa shape index (κ2) is 5.94. The maximum atomic E-state index is 12.5. The third-order valence-electron chi connectivity index (χ3n) is 4.95. The summed E-state index contributed by atoms with van der Waals surface area (Å²) in [5.74, 6) is -1.52. The largest absolute Gasteiger partial charge is 0.481 e. The van der Waals surface area contributed by atoms with Crippen molar-refractivity contribution in [3.8, 4) is 0 Å². The van der Waals surface area contributed by atoms with Gasteiger partial charge in [-0.1, -0.05) is 12.8 Å². The summed E-state index contributed by atoms with van der Waals surface area (Å²) in [6.45, 7) is 0. The molecule has 2 saturated carbocycles. The standard InChI is InChI=1S/C14H23NO5S/c1-21(19,20)14(8-2-3-9-14)13(18)15-11-6-4-10(5-7-11)12(16)17/h10-11H,2-9H2,1H3,(H,15,18)(H,16,17). The number of carbonyl (C=O) groups excluding carboxylic acids is 1. The van der Waals surface area contributed by atoms with Crippen LogP contribution in [0.3, 0.4) is 0 Å². The molecule has 6 nitrogen and oxygen atoms in total. The Bertz CT molecular complexity index is 513. The zero-order valence-corrected chi connectivity index (χ0v) is 13.1. The Morgan fingerprint density at radius 2 is 1.62 bits per heavy atom. The molecule has 0 heterocycles. The van der Waals surface area contributed by atoms with E-state index in [0.29, 0.717) is 38.5 Å². The smallest absolute Gasteiger partial charge is 0.306 e. The maximum Gasteiger partial charge on any atom is 0.306 e. The molecule has 7 heteroatoms. The first-order valence-electron chi connectivity index (χ1n) is 7.50. The van der Waals surface area contributed by atoms with Crippen molar-refractivity contribution in [1.82, 2.24) is 5.32 Å². The molecule has 0 radical (unpaired) electrons. The summed E-state index contributed by atoms with van der Waals surface area (Å²) in [5.41, 5.74) is 0. The van der Waals surface area contributed by atoms with Crippen LogP contribution in [0.4, 0.5) is 0 Å². The van der Waals surface area contributed by atoms with Gasteiger partial charge in [0.15, 0.2) is 9.84 Å². The van der Waals surface area contributed by atoms with Crippen molar-refractivity contribution in [1.29, 1.82) is 0 Å². The minimum absolute atomic E-state index is 0.104. The van der Waals surface area contributed by atoms with Gasteiger partial charge in [0, 0.05) is 12.3 Å². The second-order valence-corrected chi connectivity index (χ2v) is 8.66. The fourth-order valence-corrected chi connectivity index (χ4v) is 4.94. The quantitative estimate of drug-likeness (QED) is 0.809. The summed E-state index contributed by atoms with van der Waals surface area (Å²) in [6.07, 6.45) is 5.70. The lowest BCUT2D eigenvalue weighted by molar-refractivity contribution is -0.142. The average molecular weight is 317 g/mol. The van der Waals surface area contributed by atoms with Crippen molar-refractivity contribution < 1.29 is 23.1 Å². The normalized spacial score (nSPS) is 29.0. The zero-order chi connectivity index (χ0) is 15.7. The van der Waals surface area contributed by atoms with Crippen LogP contribution in [0.25, 0.3) is 0 Å². The maximum absolute atomic E-state index is 12.5. The Hall–Kier alpha value is -1.11. The SMILES string of the molecule is CS(=O)(=O)C1(C(=O)NC2CCC(C(=O)O)CC2)CCCC1. The summed E-state index contributed by atoms with van der Waals surface area (Å²) in [7, 11) is -3.44. The highest BCUT2D eigenvalue weighted by Crippen LogP contribution is 2.37. The lowest BCUT2D eigenvalue weighted by Gasteiger charge is -2.31. The molecule has 0 saturated heterocycles. The molecule has 0 atom stereocenters. The van der Waals surface area contributed by atoms with E-state index in [1.165, 1.54) is 0 Å². The van der Waals surface area contributed by atoms with Gasteiger partial charge < -0.3 is 10.4 Å². The molecule has 0 aromatic rings. The van der Waals surface area contributed by atoms with E-state index in [9.17, 15) is 18.0 Å². The topological polar surface area (TPSA) is 101 Å². The number of amides is 1. The van der Waals surface area contributed by atoms with Gasteiger partial charge in [-0.25, -0.2) is 8.42 Å². The summed E-state index contributed by atoms with van der Waals surface area (Å²) in [4.78, 5) is 23.4. The van der Waals surface area contributed by atoms with Gasteiger partial charge in [-0.3, -0.25) is 9.59 Å². The van der Waals surface area contributed by atoms with E-state index >= 15 is 0 Å². The summed E-state index contributed by atoms with van der Waals surface area (Å²) >= 11 is 0. The third-order valence-corrected chi connectivity index (χ3v) is 6.96. The van der Waals surface area contributed by atoms with Gasteiger partial charge in [-0.15, -0.1) is 0 Å². The van der Waals surface area contributed by atoms with Gasteiger partial charge in [0.2, 0.25) is 5.91 Å². The minimum Gasteiger partial charge on any atom is -0.481 e. The van der Waals surface area contributed by atoms with Crippen molar-refractivity contribution in [2.75, 3.05) is 6.26 Å². The van der Waals surface area contributed by atoms with Crippen LogP contribution in [-0.4, -0.2) is 42.4 Å². The van der Waals surface area contributed by atoms with Crippen molar-refractivity contribution >= 4 is 21.7 Å². The summed E-state index contributed by atoms with van der Waals surface area (Å²) in [6, 6.07) is -0.104. The Labute approximate surface area is 125 Å². The number of rotatable bonds is 4. The van der Waals surface area contributed by atoms with E-state index in [4.69, 9.17) is 5.11 Å². The summed E-state index contributed by atoms with van der Waals surface area (Å²) in [5, 5.41) is 11.8. The van der Waals surface area contributed by atoms with Gasteiger partial charge >= 0.3 is 5.97 Å². The van der Waals surface area contributed by atoms with Crippen LogP contribution in [-0.2, 0) is 19.4 Å². The molecule has 2 aliphatic rings. The number of hydrogen-bond acceptors (Lipinski definition) is 4. The van der Waals surface area contributed by atoms with Crippen LogP contribution < -0.4 is 5.32 Å². The number of hydrogen-bond donors (Lipinski definition) is 2. The van der Waals surface area contributed by atoms with Crippen molar-refractivity contribution in [3.63, 3.8) is 0 Å². The first-order valence-corrected chi connectivity index (χ1v) is 9.39. The Morgan fingerprint density at radius 1 is 1.10 bits per heavy atom. The number of carbonyl (C=O) groups is 2. The molecule has 0 aromatic heterocycles. The van der Waals surface area contributed by atoms with Gasteiger partial charge in [0.1, 0.15) is 4.75 Å². The second-order valence-electron chi connectivity index (χ2n) is 6.33. The first kappa shape index (κ1) is 16.3. The monoisotopic (exact) mass is 317 g/mol. The van der Waals surface area contributed by atoms with Crippen molar-refractivity contribution in [3.05, 3.63) is 0 Å². The third kappa shape index (κ3) is 3.22. The molecule has 2 rings (SSSR count). The molecule has 0 aromatic carbocycles. The molecule has 2 N–H and O–H groups in total. The molecule has 120 valence electrons. The molecule has 0 bridgehead atoms. The molecular weight excluding hydrogens is 294 g/mol. The summed E-state index contributed by atoms with van der Waals surface area (Å²) < 4.78 is 22.8. The first-order chi connectivity index (χ1) is 9.76. The van der Waals surface area contributed by atoms with Gasteiger partial charge in [0.05, 0.1) is 5.92 Å². The fraction of sp³-hybridized carbons (Fsp3) is 0.857. The predicted octanol–water partition coefficient (Wildman–Crippen LogP) is 1.10. The zero-order valence-electron chi connectivity index (χ0n) is 12.3. The fourth-order valence-electron chi connectivity index (χ4n) is 3.51. The van der Waals surface area contributed by atoms with E-state index in [1.807, 2.05) is 0 Å². The number of carboxylic acids is 1. The number of nitrogens with one attached hydrogen (secondary N) is 1. The Balaban J connectivity index is 2.00. The molecule has 21 heavy (non-hydrogen) atoms. The van der Waals surface area contributed by atoms with E-state index in [1.54, 1.807) is 0 Å². The van der Waals surface area contributed by atoms with Crippen molar-refractivity contribution in [2.45, 2.75) is 62.2 Å². The molecular formula is C14H23NO5S. The van der Waals surface area contributed by atoms with E-state index in [2.05, 4.69) is 5.32 Å². The molecule has 1 amide bonds. The van der Waals surface area contributed by atoms with Crippen LogP contribution in [0.1, 0.15) is 51.4 Å². The van der Waals surface area contributed by atoms with Crippen LogP contribution in [0.15, 0.2) is 0 Å². The van der Waals surface area contributed by atoms with Gasteiger partial charge in [-0.05, 0) is 38.5 Å². The van der Waals surface area contributed by atoms with Crippen molar-refractivity contribution in [2.24, 2.45) is 5.92 Å². The number of sulfone groups is 1. The molecule has 2 fully saturated rings. The van der Waals surface area contributed by atoms with E-state index in [-0.39, 0.29) is 17.9 Å². The molecule has 2 aliphatic carbocycles. The lowest BCUT2D eigenvalue weighted by Crippen LogP contribution is -2.53. The van der Waals surface area contributed by atoms with Crippen LogP contribution in [0.5, 0.6) is 0 Å². The number of aliphatic carboxylic acids is 1. The Kier molecular flexibility index (Phi) is 4.60. The van der Waals surface area contributed by atoms with Gasteiger partial charge in [0.25, 0.3) is 0 Å². The molecule has 0 spiro atoms. The van der Waals surface area contributed by atoms with E-state index < -0.39 is 20.6 Å². The van der Waals surface area contributed by atoms with Crippen LogP contribution >= 0.6 is 0 Å². The van der Waals surface area contributed by atoms with Crippen LogP contribution in [0, 0.1) is 5.92 Å². The minimum atomic E-state index is -3.44. The Morgan fingerprint density at radius 3 is 2.05 bits per heavy atom. The highest BCUT2D eigenvalue weighted by Gasteiger charge is 2.50. The van der Waals surface area contributed by atoms with E-state index in [0.717, 1.165) is 19.1 Å². The highest BCUT2D eigenvalue weighted by atomic mass is 32.2. The lowest BCUT2D eigenvalue weighted by atomic mass is 9.86. The average Bonchev–Trinajstić information content (AvgIpc) is 2.89. The molecule has 0 unspecified atom stereocenters. The van der Waals surface area contributed by atoms with Gasteiger partial charge in [-0.2, -0.15) is 0 Å². The predicted molar refractivity (Wildman–Crippen MR) is 77.6 cm³/mol.